The fourth-order valence-corrected chi connectivity index (χ4v) is 5.32. The molecule has 0 saturated heterocycles. The molecule has 1 aromatic carbocycles. The van der Waals surface area contributed by atoms with Gasteiger partial charge in [-0.15, -0.1) is 11.8 Å². The summed E-state index contributed by atoms with van der Waals surface area (Å²) in [5, 5.41) is 9.66. The van der Waals surface area contributed by atoms with Crippen molar-refractivity contribution < 1.29 is 0 Å². The van der Waals surface area contributed by atoms with E-state index in [1.54, 1.807) is 0 Å². The summed E-state index contributed by atoms with van der Waals surface area (Å²) in [6, 6.07) is 6.29. The number of fused-ring (bicyclic) bond motifs is 1. The van der Waals surface area contributed by atoms with Crippen molar-refractivity contribution in [3.63, 3.8) is 0 Å². The van der Waals surface area contributed by atoms with Crippen molar-refractivity contribution in [2.75, 3.05) is 11.9 Å². The Morgan fingerprint density at radius 3 is 2.75 bits per heavy atom. The number of thioether (sulfide) groups is 1. The third-order valence-corrected chi connectivity index (χ3v) is 6.71. The van der Waals surface area contributed by atoms with Crippen molar-refractivity contribution in [1.29, 1.82) is 0 Å². The van der Waals surface area contributed by atoms with Gasteiger partial charge in [0.15, 0.2) is 0 Å². The molecular weight excluding hydrogens is 338 g/mol. The Morgan fingerprint density at radius 1 is 1.33 bits per heavy atom. The van der Waals surface area contributed by atoms with Gasteiger partial charge in [0.2, 0.25) is 0 Å². The second-order valence-corrected chi connectivity index (χ2v) is 9.91. The van der Waals surface area contributed by atoms with Gasteiger partial charge in [0.25, 0.3) is 0 Å². The number of hydrogen-bond donors (Lipinski definition) is 1. The molecule has 1 N–H and O–H groups in total. The standard InChI is InChI=1S/C19H24ClN3S/c1-11-9-13(20)7-8-14(11)17-15-16(12-5-6-12)22-23(4)18(15)21-10-19(2,3)24-17/h7-9,12,17,21H,5-6,10H2,1-4H3/t17-/m1/s1. The van der Waals surface area contributed by atoms with Crippen LogP contribution < -0.4 is 5.32 Å². The lowest BCUT2D eigenvalue weighted by Gasteiger charge is -2.27. The van der Waals surface area contributed by atoms with Crippen molar-refractivity contribution in [3.05, 3.63) is 45.6 Å². The zero-order valence-electron chi connectivity index (χ0n) is 14.7. The molecule has 0 spiro atoms. The number of aryl methyl sites for hydroxylation is 2. The maximum atomic E-state index is 6.20. The number of anilines is 1. The minimum absolute atomic E-state index is 0.149. The molecule has 0 bridgehead atoms. The lowest BCUT2D eigenvalue weighted by atomic mass is 9.98. The molecule has 2 aliphatic rings. The summed E-state index contributed by atoms with van der Waals surface area (Å²) >= 11 is 8.24. The van der Waals surface area contributed by atoms with Gasteiger partial charge in [0, 0.05) is 34.8 Å². The van der Waals surface area contributed by atoms with Gasteiger partial charge >= 0.3 is 0 Å². The maximum Gasteiger partial charge on any atom is 0.128 e. The Morgan fingerprint density at radius 2 is 2.08 bits per heavy atom. The molecule has 1 fully saturated rings. The number of hydrogen-bond acceptors (Lipinski definition) is 3. The topological polar surface area (TPSA) is 29.9 Å². The molecular formula is C19H24ClN3S. The molecule has 1 saturated carbocycles. The first-order valence-electron chi connectivity index (χ1n) is 8.60. The van der Waals surface area contributed by atoms with Gasteiger partial charge in [0.1, 0.15) is 5.82 Å². The smallest absolute Gasteiger partial charge is 0.128 e. The van der Waals surface area contributed by atoms with Gasteiger partial charge in [-0.1, -0.05) is 17.7 Å². The molecule has 1 aliphatic carbocycles. The molecule has 3 nitrogen and oxygen atoms in total. The van der Waals surface area contributed by atoms with Gasteiger partial charge in [-0.25, -0.2) is 0 Å². The van der Waals surface area contributed by atoms with Crippen LogP contribution in [0.15, 0.2) is 18.2 Å². The van der Waals surface area contributed by atoms with Crippen LogP contribution in [0, 0.1) is 6.92 Å². The van der Waals surface area contributed by atoms with Gasteiger partial charge in [-0.05, 0) is 56.9 Å². The second-order valence-electron chi connectivity index (χ2n) is 7.66. The highest BCUT2D eigenvalue weighted by molar-refractivity contribution is 8.01. The van der Waals surface area contributed by atoms with Crippen LogP contribution in [0.25, 0.3) is 0 Å². The molecule has 5 heteroatoms. The Bertz CT molecular complexity index is 792. The molecule has 1 atom stereocenters. The number of rotatable bonds is 2. The molecule has 0 amide bonds. The number of nitrogens with zero attached hydrogens (tertiary/aromatic N) is 2. The van der Waals surface area contributed by atoms with E-state index < -0.39 is 0 Å². The zero-order chi connectivity index (χ0) is 17.1. The Balaban J connectivity index is 1.90. The number of halogens is 1. The Labute approximate surface area is 153 Å². The van der Waals surface area contributed by atoms with E-state index in [1.165, 1.54) is 41.0 Å². The largest absolute Gasteiger partial charge is 0.369 e. The lowest BCUT2D eigenvalue weighted by molar-refractivity contribution is 0.715. The van der Waals surface area contributed by atoms with Gasteiger partial charge in [-0.2, -0.15) is 5.10 Å². The molecule has 0 unspecified atom stereocenters. The fraction of sp³-hybridized carbons (Fsp3) is 0.526. The highest BCUT2D eigenvalue weighted by atomic mass is 35.5. The van der Waals surface area contributed by atoms with E-state index >= 15 is 0 Å². The van der Waals surface area contributed by atoms with E-state index in [-0.39, 0.29) is 4.75 Å². The summed E-state index contributed by atoms with van der Waals surface area (Å²) in [7, 11) is 2.06. The second kappa shape index (κ2) is 5.70. The van der Waals surface area contributed by atoms with Crippen LogP contribution in [0.3, 0.4) is 0 Å². The molecule has 0 radical (unpaired) electrons. The quantitative estimate of drug-likeness (QED) is 0.788. The number of aromatic nitrogens is 2. The van der Waals surface area contributed by atoms with E-state index in [2.05, 4.69) is 45.3 Å². The van der Waals surface area contributed by atoms with Gasteiger partial charge in [0.05, 0.1) is 10.9 Å². The van der Waals surface area contributed by atoms with Crippen LogP contribution in [-0.4, -0.2) is 21.1 Å². The highest BCUT2D eigenvalue weighted by Crippen LogP contribution is 2.53. The zero-order valence-corrected chi connectivity index (χ0v) is 16.3. The first kappa shape index (κ1) is 16.3. The summed E-state index contributed by atoms with van der Waals surface area (Å²) < 4.78 is 2.19. The van der Waals surface area contributed by atoms with E-state index in [9.17, 15) is 0 Å². The van der Waals surface area contributed by atoms with E-state index in [0.717, 1.165) is 11.6 Å². The maximum absolute atomic E-state index is 6.20. The predicted molar refractivity (Wildman–Crippen MR) is 103 cm³/mol. The summed E-state index contributed by atoms with van der Waals surface area (Å²) in [6.07, 6.45) is 2.54. The number of nitrogens with one attached hydrogen (secondary N) is 1. The van der Waals surface area contributed by atoms with E-state index in [0.29, 0.717) is 11.2 Å². The van der Waals surface area contributed by atoms with Crippen LogP contribution >= 0.6 is 23.4 Å². The normalized spacial score (nSPS) is 22.6. The molecule has 1 aliphatic heterocycles. The van der Waals surface area contributed by atoms with Crippen molar-refractivity contribution in [2.24, 2.45) is 7.05 Å². The monoisotopic (exact) mass is 361 g/mol. The molecule has 2 heterocycles. The Kier molecular flexibility index (Phi) is 3.88. The van der Waals surface area contributed by atoms with E-state index in [1.807, 2.05) is 22.5 Å². The third kappa shape index (κ3) is 2.84. The van der Waals surface area contributed by atoms with Gasteiger partial charge in [-0.3, -0.25) is 4.68 Å². The van der Waals surface area contributed by atoms with Crippen molar-refractivity contribution in [1.82, 2.24) is 9.78 Å². The summed E-state index contributed by atoms with van der Waals surface area (Å²) in [5.41, 5.74) is 5.30. The molecule has 2 aromatic rings. The van der Waals surface area contributed by atoms with E-state index in [4.69, 9.17) is 16.7 Å². The van der Waals surface area contributed by atoms with Crippen LogP contribution in [0.1, 0.15) is 60.2 Å². The first-order valence-corrected chi connectivity index (χ1v) is 9.86. The van der Waals surface area contributed by atoms with Crippen LogP contribution in [0.4, 0.5) is 5.82 Å². The fourth-order valence-electron chi connectivity index (χ4n) is 3.56. The molecule has 1 aromatic heterocycles. The summed E-state index contributed by atoms with van der Waals surface area (Å²) in [6.45, 7) is 7.75. The van der Waals surface area contributed by atoms with Crippen molar-refractivity contribution >= 4 is 29.2 Å². The predicted octanol–water partition coefficient (Wildman–Crippen LogP) is 5.29. The number of benzene rings is 1. The summed E-state index contributed by atoms with van der Waals surface area (Å²) in [4.78, 5) is 0. The molecule has 4 rings (SSSR count). The SMILES string of the molecule is Cc1cc(Cl)ccc1[C@H]1SC(C)(C)CNc2c1c(C1CC1)nn2C. The average Bonchev–Trinajstić information content (AvgIpc) is 3.29. The highest BCUT2D eigenvalue weighted by Gasteiger charge is 2.39. The van der Waals surface area contributed by atoms with Crippen molar-refractivity contribution in [2.45, 2.75) is 49.5 Å². The van der Waals surface area contributed by atoms with Gasteiger partial charge < -0.3 is 5.32 Å². The Hall–Kier alpha value is -1.13. The minimum Gasteiger partial charge on any atom is -0.369 e. The van der Waals surface area contributed by atoms with Crippen LogP contribution in [-0.2, 0) is 7.05 Å². The first-order chi connectivity index (χ1) is 11.4. The third-order valence-electron chi connectivity index (χ3n) is 4.97. The van der Waals surface area contributed by atoms with Crippen LogP contribution in [0.2, 0.25) is 5.02 Å². The molecule has 128 valence electrons. The average molecular weight is 362 g/mol. The van der Waals surface area contributed by atoms with Crippen molar-refractivity contribution in [3.8, 4) is 0 Å². The lowest BCUT2D eigenvalue weighted by Crippen LogP contribution is -2.26. The van der Waals surface area contributed by atoms with Crippen LogP contribution in [0.5, 0.6) is 0 Å². The molecule has 24 heavy (non-hydrogen) atoms. The summed E-state index contributed by atoms with van der Waals surface area (Å²) in [5.74, 6) is 1.83. The minimum atomic E-state index is 0.149.